The van der Waals surface area contributed by atoms with Crippen LogP contribution < -0.4 is 0 Å². The zero-order valence-electron chi connectivity index (χ0n) is 49.5. The van der Waals surface area contributed by atoms with Gasteiger partial charge in [0.25, 0.3) is 0 Å². The molecule has 0 unspecified atom stereocenters. The molecule has 0 amide bonds. The first-order valence-electron chi connectivity index (χ1n) is 26.9. The van der Waals surface area contributed by atoms with Gasteiger partial charge in [0.15, 0.2) is 0 Å². The van der Waals surface area contributed by atoms with Crippen LogP contribution in [0.15, 0.2) is 315 Å². The second-order valence-corrected chi connectivity index (χ2v) is 24.0. The Hall–Kier alpha value is -8.25. The maximum absolute atomic E-state index is 5.47. The topological polar surface area (TPSA) is 104 Å². The van der Waals surface area contributed by atoms with Gasteiger partial charge in [0.2, 0.25) is 0 Å². The number of aromatic nitrogens is 3. The van der Waals surface area contributed by atoms with Crippen LogP contribution in [0.1, 0.15) is 43.0 Å². The number of benzene rings is 3. The number of furan rings is 5. The van der Waals surface area contributed by atoms with E-state index in [1.165, 1.54) is 59.3 Å². The van der Waals surface area contributed by atoms with Gasteiger partial charge < -0.3 is 22.1 Å². The third-order valence-electron chi connectivity index (χ3n) is 10.2. The minimum atomic E-state index is 0.922. The normalized spacial score (nSPS) is 9.16. The fourth-order valence-electron chi connectivity index (χ4n) is 6.06. The molecule has 0 saturated heterocycles. The molecule has 0 spiro atoms. The number of rotatable bonds is 3. The van der Waals surface area contributed by atoms with Gasteiger partial charge in [-0.25, -0.2) is 8.75 Å². The summed E-state index contributed by atoms with van der Waals surface area (Å²) >= 11 is 11.7. The van der Waals surface area contributed by atoms with Gasteiger partial charge in [-0.1, -0.05) is 103 Å². The molecule has 15 aromatic rings. The largest absolute Gasteiger partial charge is 0.472 e. The highest BCUT2D eigenvalue weighted by Crippen LogP contribution is 2.27. The van der Waals surface area contributed by atoms with Crippen LogP contribution in [0.25, 0.3) is 33.1 Å². The van der Waals surface area contributed by atoms with Gasteiger partial charge in [-0.15, -0.1) is 45.3 Å². The van der Waals surface area contributed by atoms with Crippen LogP contribution in [0, 0.1) is 55.4 Å². The fraction of sp³-hybridized carbons (Fsp3) is 0.113. The van der Waals surface area contributed by atoms with Crippen LogP contribution in [0.3, 0.4) is 0 Å². The van der Waals surface area contributed by atoms with Crippen molar-refractivity contribution in [2.24, 2.45) is 0 Å². The van der Waals surface area contributed by atoms with Gasteiger partial charge in [0.05, 0.1) is 36.8 Å². The SMILES string of the molecule is Cc1ccc(-c2ccccc2)o1.Cc1ccc(-c2ccccc2)s1.Cc1ccco1.Cc1ccco1.Cc1cccs1.Cc1cccs1.Cc1ccoc1.Cc1ccsc1.c1ccc(-c2ccco2)cc1.c1cnsc1.c1cnsc1.c1cscn1. The lowest BCUT2D eigenvalue weighted by atomic mass is 10.2. The van der Waals surface area contributed by atoms with E-state index in [0.717, 1.165) is 39.9 Å². The highest BCUT2D eigenvalue weighted by atomic mass is 32.1. The lowest BCUT2D eigenvalue weighted by Gasteiger charge is -1.93. The van der Waals surface area contributed by atoms with E-state index in [1.54, 1.807) is 101 Å². The van der Waals surface area contributed by atoms with Crippen LogP contribution in [0.5, 0.6) is 0 Å². The molecule has 0 saturated carbocycles. The lowest BCUT2D eigenvalue weighted by molar-refractivity contribution is 0.534. The molecule has 0 radical (unpaired) electrons. The molecular weight excluding hydrogens is 1200 g/mol. The number of nitrogens with zero attached hydrogens (tertiary/aromatic N) is 3. The molecule has 0 aliphatic carbocycles. The molecule has 0 N–H and O–H groups in total. The monoisotopic (exact) mass is 1270 g/mol. The predicted octanol–water partition coefficient (Wildman–Crippen LogP) is 24.3. The summed E-state index contributed by atoms with van der Waals surface area (Å²) in [7, 11) is 0. The van der Waals surface area contributed by atoms with E-state index in [4.69, 9.17) is 22.1 Å². The van der Waals surface area contributed by atoms with Crippen molar-refractivity contribution in [3.63, 3.8) is 0 Å². The first-order valence-corrected chi connectivity index (χ1v) is 33.0. The maximum atomic E-state index is 5.47. The molecule has 0 aliphatic heterocycles. The Morgan fingerprint density at radius 1 is 0.349 bits per heavy atom. The van der Waals surface area contributed by atoms with Gasteiger partial charge in [-0.3, -0.25) is 4.98 Å². The smallest absolute Gasteiger partial charge is 0.134 e. The molecule has 0 atom stereocenters. The first kappa shape index (κ1) is 70.2. The summed E-state index contributed by atoms with van der Waals surface area (Å²) in [6, 6.07) is 66.5. The molecule has 12 heterocycles. The fourth-order valence-corrected chi connectivity index (χ4v) is 9.71. The average Bonchev–Trinajstić information content (AvgIpc) is 4.51. The molecule has 15 rings (SSSR count). The van der Waals surface area contributed by atoms with E-state index in [0.29, 0.717) is 0 Å². The van der Waals surface area contributed by atoms with Gasteiger partial charge in [0, 0.05) is 65.4 Å². The van der Waals surface area contributed by atoms with Crippen molar-refractivity contribution in [2.45, 2.75) is 55.4 Å². The zero-order valence-corrected chi connectivity index (χ0v) is 55.2. The summed E-state index contributed by atoms with van der Waals surface area (Å²) in [5, 5.41) is 14.2. The Labute approximate surface area is 536 Å². The van der Waals surface area contributed by atoms with Crippen molar-refractivity contribution in [3.05, 3.63) is 336 Å². The van der Waals surface area contributed by atoms with Crippen LogP contribution in [-0.4, -0.2) is 13.7 Å². The Kier molecular flexibility index (Phi) is 37.6. The van der Waals surface area contributed by atoms with Crippen molar-refractivity contribution in [2.75, 3.05) is 0 Å². The van der Waals surface area contributed by atoms with Crippen LogP contribution >= 0.6 is 79.7 Å². The summed E-state index contributed by atoms with van der Waals surface area (Å²) in [5.74, 6) is 4.75. The number of aryl methyl sites for hydroxylation is 8. The first-order chi connectivity index (χ1) is 42.0. The molecule has 86 heavy (non-hydrogen) atoms. The van der Waals surface area contributed by atoms with E-state index < -0.39 is 0 Å². The van der Waals surface area contributed by atoms with Crippen molar-refractivity contribution in [1.82, 2.24) is 13.7 Å². The minimum absolute atomic E-state index is 0.922. The van der Waals surface area contributed by atoms with E-state index in [9.17, 15) is 0 Å². The Morgan fingerprint density at radius 2 is 0.907 bits per heavy atom. The second kappa shape index (κ2) is 46.1. The second-order valence-electron chi connectivity index (χ2n) is 17.4. The minimum Gasteiger partial charge on any atom is -0.472 e. The van der Waals surface area contributed by atoms with Gasteiger partial charge in [-0.2, -0.15) is 11.3 Å². The summed E-state index contributed by atoms with van der Waals surface area (Å²) < 4.78 is 32.6. The van der Waals surface area contributed by atoms with E-state index >= 15 is 0 Å². The molecule has 444 valence electrons. The third-order valence-corrected chi connectivity index (χ3v) is 15.2. The summed E-state index contributed by atoms with van der Waals surface area (Å²) in [6.07, 6.45) is 13.7. The summed E-state index contributed by atoms with van der Waals surface area (Å²) in [5.41, 5.74) is 7.90. The zero-order chi connectivity index (χ0) is 61.3. The van der Waals surface area contributed by atoms with Crippen molar-refractivity contribution in [1.29, 1.82) is 0 Å². The molecule has 15 heteroatoms. The van der Waals surface area contributed by atoms with Crippen LogP contribution in [0.4, 0.5) is 0 Å². The molecular formula is C71H73N3O5S7. The molecule has 12 aromatic heterocycles. The molecule has 0 aliphatic rings. The van der Waals surface area contributed by atoms with Crippen molar-refractivity contribution >= 4 is 79.7 Å². The van der Waals surface area contributed by atoms with Gasteiger partial charge in [-0.05, 0) is 214 Å². The van der Waals surface area contributed by atoms with E-state index in [1.807, 2.05) is 189 Å². The summed E-state index contributed by atoms with van der Waals surface area (Å²) in [6.45, 7) is 16.2. The third kappa shape index (κ3) is 35.1. The van der Waals surface area contributed by atoms with Crippen LogP contribution in [0.2, 0.25) is 0 Å². The van der Waals surface area contributed by atoms with Gasteiger partial charge >= 0.3 is 0 Å². The highest BCUT2D eigenvalue weighted by Gasteiger charge is 2.00. The Morgan fingerprint density at radius 3 is 1.16 bits per heavy atom. The van der Waals surface area contributed by atoms with Crippen molar-refractivity contribution < 1.29 is 22.1 Å². The Balaban J connectivity index is 0.000000204. The summed E-state index contributed by atoms with van der Waals surface area (Å²) in [4.78, 5) is 9.23. The van der Waals surface area contributed by atoms with E-state index in [2.05, 4.69) is 130 Å². The Bertz CT molecular complexity index is 3200. The van der Waals surface area contributed by atoms with Gasteiger partial charge in [0.1, 0.15) is 28.8 Å². The molecule has 0 bridgehead atoms. The number of hydrogen-bond donors (Lipinski definition) is 0. The highest BCUT2D eigenvalue weighted by molar-refractivity contribution is 7.15. The quantitative estimate of drug-likeness (QED) is 0.172. The lowest BCUT2D eigenvalue weighted by Crippen LogP contribution is -1.69. The molecule has 8 nitrogen and oxygen atoms in total. The standard InChI is InChI=1S/C11H10O.C11H10S.C10H8O.3C5H6O.3C5H6S.3C3H3NS/c2*1-9-7-8-11(12-9)10-5-3-2-4-6-10;1-2-5-9(6-3-1)10-7-4-8-11-10;1-5-2-3-6-4-5;2*1-5-3-2-4-6-5;1-5-2-3-6-4-5;2*1-5-3-2-4-6-5;1-2-5-3-4-1;2*1-2-4-5-3-1/h2*2-8H,1H3;1-8H;6*2-4H,1H3;3*1-3H. The van der Waals surface area contributed by atoms with E-state index in [-0.39, 0.29) is 0 Å². The number of thiazole rings is 1. The predicted molar refractivity (Wildman–Crippen MR) is 371 cm³/mol. The number of hydrogen-bond acceptors (Lipinski definition) is 15. The average molecular weight is 1270 g/mol. The molecule has 0 fully saturated rings. The van der Waals surface area contributed by atoms with Crippen molar-refractivity contribution in [3.8, 4) is 33.1 Å². The molecule has 3 aromatic carbocycles. The number of thiophene rings is 4. The van der Waals surface area contributed by atoms with Crippen LogP contribution in [-0.2, 0) is 0 Å². The maximum Gasteiger partial charge on any atom is 0.134 e.